The van der Waals surface area contributed by atoms with Crippen molar-refractivity contribution >= 4 is 40.1 Å². The molecule has 0 fully saturated rings. The fourth-order valence-corrected chi connectivity index (χ4v) is 7.52. The summed E-state index contributed by atoms with van der Waals surface area (Å²) in [6, 6.07) is 49.4. The molecule has 7 aromatic rings. The van der Waals surface area contributed by atoms with Crippen LogP contribution in [0.15, 0.2) is 134 Å². The van der Waals surface area contributed by atoms with Crippen molar-refractivity contribution in [2.24, 2.45) is 0 Å². The fourth-order valence-electron chi connectivity index (χ4n) is 7.52. The predicted molar refractivity (Wildman–Crippen MR) is 224 cm³/mol. The average molecular weight is 912 g/mol. The minimum atomic E-state index is -0.0532. The van der Waals surface area contributed by atoms with Gasteiger partial charge in [0.15, 0.2) is 0 Å². The van der Waals surface area contributed by atoms with Crippen LogP contribution in [0, 0.1) is 25.7 Å². The van der Waals surface area contributed by atoms with Gasteiger partial charge in [-0.1, -0.05) is 107 Å². The first kappa shape index (κ1) is 37.2. The van der Waals surface area contributed by atoms with E-state index in [4.69, 9.17) is 14.7 Å². The normalized spacial score (nSPS) is 13.0. The van der Waals surface area contributed by atoms with Gasteiger partial charge in [0.05, 0.1) is 5.69 Å². The maximum absolute atomic E-state index is 6.65. The van der Waals surface area contributed by atoms with E-state index in [2.05, 4.69) is 178 Å². The second-order valence-corrected chi connectivity index (χ2v) is 15.5. The number of anilines is 7. The largest absolute Gasteiger partial charge is 0.509 e. The number of fused-ring (bicyclic) bond motifs is 6. The minimum absolute atomic E-state index is 0. The zero-order valence-corrected chi connectivity index (χ0v) is 34.6. The summed E-state index contributed by atoms with van der Waals surface area (Å²) < 4.78 is 6.65. The average Bonchev–Trinajstić information content (AvgIpc) is 3.52. The van der Waals surface area contributed by atoms with Gasteiger partial charge < -0.3 is 19.4 Å². The monoisotopic (exact) mass is 911 g/mol. The Hall–Kier alpha value is -5.71. The summed E-state index contributed by atoms with van der Waals surface area (Å²) in [4.78, 5) is 16.4. The van der Waals surface area contributed by atoms with Crippen LogP contribution in [0.2, 0.25) is 0 Å². The number of hydrogen-bond donors (Lipinski definition) is 0. The molecule has 2 aromatic heterocycles. The van der Waals surface area contributed by atoms with Crippen LogP contribution in [0.25, 0.3) is 22.3 Å². The molecule has 0 bridgehead atoms. The zero-order chi connectivity index (χ0) is 37.8. The molecule has 2 aliphatic rings. The van der Waals surface area contributed by atoms with E-state index in [0.29, 0.717) is 17.4 Å². The molecular formula is C49H42N5OPt-3. The number of aryl methyl sites for hydroxylation is 1. The molecule has 7 heteroatoms. The standard InChI is InChI=1S/C49H42N5O.Pt/c1-32(2)34-26-33(3)48(51-30-34)53-31-52(44-20-11-12-21-45(44)53)36-14-13-15-37(28-36)55-38-22-23-42-40-17-8-7-16-39(40)41-18-9-10-19-43(41)54(46(42)29-38)47-27-35(24-25-50-47)49(4,5)6;/h7-27,30-32H,1-6H3;/q-3;. The summed E-state index contributed by atoms with van der Waals surface area (Å²) in [5, 5.41) is 0. The molecule has 6 nitrogen and oxygen atoms in total. The van der Waals surface area contributed by atoms with Crippen molar-refractivity contribution in [3.63, 3.8) is 0 Å². The number of ether oxygens (including phenoxy) is 1. The molecule has 4 heterocycles. The number of benzene rings is 5. The molecule has 56 heavy (non-hydrogen) atoms. The van der Waals surface area contributed by atoms with Crippen LogP contribution in [0.4, 0.5) is 40.1 Å². The minimum Gasteiger partial charge on any atom is -0.509 e. The third-order valence-corrected chi connectivity index (χ3v) is 10.4. The van der Waals surface area contributed by atoms with Crippen LogP contribution in [-0.4, -0.2) is 9.97 Å². The number of hydrogen-bond acceptors (Lipinski definition) is 6. The second kappa shape index (κ2) is 14.7. The molecule has 0 spiro atoms. The second-order valence-electron chi connectivity index (χ2n) is 15.5. The van der Waals surface area contributed by atoms with E-state index in [0.717, 1.165) is 67.9 Å². The fraction of sp³-hybridized carbons (Fsp3) is 0.163. The van der Waals surface area contributed by atoms with Gasteiger partial charge in [0.1, 0.15) is 11.6 Å². The number of rotatable bonds is 6. The first-order chi connectivity index (χ1) is 26.6. The molecule has 0 saturated carbocycles. The van der Waals surface area contributed by atoms with Crippen molar-refractivity contribution in [2.45, 2.75) is 52.9 Å². The van der Waals surface area contributed by atoms with E-state index in [9.17, 15) is 0 Å². The van der Waals surface area contributed by atoms with Crippen LogP contribution >= 0.6 is 0 Å². The Balaban J connectivity index is 0.00000441. The summed E-state index contributed by atoms with van der Waals surface area (Å²) in [7, 11) is 0. The molecule has 0 unspecified atom stereocenters. The Bertz CT molecular complexity index is 2580. The molecule has 0 amide bonds. The van der Waals surface area contributed by atoms with E-state index < -0.39 is 0 Å². The van der Waals surface area contributed by atoms with E-state index in [1.54, 1.807) is 0 Å². The Kier molecular flexibility index (Phi) is 9.80. The number of pyridine rings is 2. The van der Waals surface area contributed by atoms with Crippen LogP contribution in [-0.2, 0) is 26.5 Å². The molecule has 0 radical (unpaired) electrons. The maximum Gasteiger partial charge on any atom is 0.135 e. The molecule has 5 aromatic carbocycles. The predicted octanol–water partition coefficient (Wildman–Crippen LogP) is 13.1. The van der Waals surface area contributed by atoms with Gasteiger partial charge in [-0.25, -0.2) is 9.97 Å². The number of nitrogens with zero attached hydrogens (tertiary/aromatic N) is 5. The van der Waals surface area contributed by atoms with Crippen molar-refractivity contribution in [3.8, 4) is 33.8 Å². The van der Waals surface area contributed by atoms with Gasteiger partial charge in [-0.3, -0.25) is 0 Å². The molecule has 0 aliphatic carbocycles. The van der Waals surface area contributed by atoms with E-state index >= 15 is 0 Å². The summed E-state index contributed by atoms with van der Waals surface area (Å²) in [5.74, 6) is 3.31. The number of aromatic nitrogens is 2. The first-order valence-electron chi connectivity index (χ1n) is 18.8. The topological polar surface area (TPSA) is 44.7 Å². The van der Waals surface area contributed by atoms with Crippen LogP contribution in [0.1, 0.15) is 57.2 Å². The smallest absolute Gasteiger partial charge is 0.135 e. The van der Waals surface area contributed by atoms with Gasteiger partial charge in [0.25, 0.3) is 0 Å². The molecule has 9 rings (SSSR count). The maximum atomic E-state index is 6.65. The van der Waals surface area contributed by atoms with E-state index in [1.165, 1.54) is 11.1 Å². The molecule has 0 N–H and O–H groups in total. The van der Waals surface area contributed by atoms with Crippen LogP contribution in [0.3, 0.4) is 0 Å². The Morgan fingerprint density at radius 1 is 0.661 bits per heavy atom. The quantitative estimate of drug-likeness (QED) is 0.155. The molecule has 0 saturated heterocycles. The van der Waals surface area contributed by atoms with Gasteiger partial charge in [0.2, 0.25) is 0 Å². The van der Waals surface area contributed by atoms with Crippen LogP contribution < -0.4 is 19.4 Å². The SMILES string of the molecule is Cc1cc(C(C)C)cnc1N1[CH-]N(c2[c-]c(Oc3[c-]c4c(cc3)-c3ccccc3-c3ccccc3N4c3cc(C(C)(C)C)ccn3)ccc2)c2ccccc21.[Pt]. The molecule has 282 valence electrons. The Morgan fingerprint density at radius 3 is 2.04 bits per heavy atom. The summed E-state index contributed by atoms with van der Waals surface area (Å²) in [6.45, 7) is 15.3. The van der Waals surface area contributed by atoms with Crippen molar-refractivity contribution in [1.29, 1.82) is 0 Å². The van der Waals surface area contributed by atoms with Crippen molar-refractivity contribution in [1.82, 2.24) is 9.97 Å². The number of para-hydroxylation sites is 3. The third kappa shape index (κ3) is 6.66. The van der Waals surface area contributed by atoms with E-state index in [-0.39, 0.29) is 26.5 Å². The van der Waals surface area contributed by atoms with Gasteiger partial charge in [-0.2, -0.15) is 12.1 Å². The summed E-state index contributed by atoms with van der Waals surface area (Å²) in [5.41, 5.74) is 12.8. The Labute approximate surface area is 344 Å². The molecule has 0 atom stereocenters. The first-order valence-corrected chi connectivity index (χ1v) is 18.8. The summed E-state index contributed by atoms with van der Waals surface area (Å²) >= 11 is 0. The van der Waals surface area contributed by atoms with Gasteiger partial charge >= 0.3 is 0 Å². The van der Waals surface area contributed by atoms with Gasteiger partial charge in [-0.15, -0.1) is 48.3 Å². The summed E-state index contributed by atoms with van der Waals surface area (Å²) in [6.07, 6.45) is 3.89. The van der Waals surface area contributed by atoms with Crippen LogP contribution in [0.5, 0.6) is 11.5 Å². The molecule has 2 aliphatic heterocycles. The van der Waals surface area contributed by atoms with E-state index in [1.807, 2.05) is 30.6 Å². The van der Waals surface area contributed by atoms with Crippen molar-refractivity contribution in [2.75, 3.05) is 14.7 Å². The van der Waals surface area contributed by atoms with Gasteiger partial charge in [0, 0.05) is 61.9 Å². The zero-order valence-electron chi connectivity index (χ0n) is 32.3. The Morgan fingerprint density at radius 2 is 1.32 bits per heavy atom. The van der Waals surface area contributed by atoms with Crippen molar-refractivity contribution < 1.29 is 25.8 Å². The van der Waals surface area contributed by atoms with Gasteiger partial charge in [-0.05, 0) is 70.8 Å². The third-order valence-electron chi connectivity index (χ3n) is 10.4. The van der Waals surface area contributed by atoms with Crippen molar-refractivity contribution in [3.05, 3.63) is 169 Å². The molecular weight excluding hydrogens is 870 g/mol.